The number of carbonyl (C=O) groups is 1. The Morgan fingerprint density at radius 2 is 2.27 bits per heavy atom. The molecule has 0 bridgehead atoms. The number of nitrogens with one attached hydrogen (secondary N) is 2. The van der Waals surface area contributed by atoms with Gasteiger partial charge in [-0.3, -0.25) is 9.89 Å². The van der Waals surface area contributed by atoms with Crippen LogP contribution in [0.1, 0.15) is 28.0 Å². The van der Waals surface area contributed by atoms with Crippen LogP contribution < -0.4 is 14.8 Å². The third-order valence-corrected chi connectivity index (χ3v) is 5.76. The van der Waals surface area contributed by atoms with Crippen molar-refractivity contribution in [1.82, 2.24) is 20.5 Å². The van der Waals surface area contributed by atoms with Crippen molar-refractivity contribution in [2.24, 2.45) is 5.92 Å². The first-order valence-corrected chi connectivity index (χ1v) is 9.93. The summed E-state index contributed by atoms with van der Waals surface area (Å²) in [5.41, 5.74) is 2.40. The van der Waals surface area contributed by atoms with E-state index in [0.29, 0.717) is 41.4 Å². The zero-order valence-electron chi connectivity index (χ0n) is 16.4. The molecule has 5 rings (SSSR count). The maximum absolute atomic E-state index is 14.4. The van der Waals surface area contributed by atoms with Crippen LogP contribution in [0.15, 0.2) is 36.2 Å². The van der Waals surface area contributed by atoms with Crippen molar-refractivity contribution in [3.05, 3.63) is 53.0 Å². The fraction of sp³-hybridized carbons (Fsp3) is 0.318. The van der Waals surface area contributed by atoms with E-state index in [1.54, 1.807) is 37.6 Å². The number of benzene rings is 1. The summed E-state index contributed by atoms with van der Waals surface area (Å²) in [7, 11) is 1.57. The molecule has 154 valence electrons. The minimum atomic E-state index is -0.950. The van der Waals surface area contributed by atoms with Crippen LogP contribution in [0.2, 0.25) is 0 Å². The number of halogens is 1. The maximum atomic E-state index is 14.4. The van der Waals surface area contributed by atoms with Gasteiger partial charge in [-0.05, 0) is 49.6 Å². The van der Waals surface area contributed by atoms with Gasteiger partial charge in [-0.2, -0.15) is 5.10 Å². The highest BCUT2D eigenvalue weighted by molar-refractivity contribution is 6.15. The van der Waals surface area contributed by atoms with Gasteiger partial charge in [-0.1, -0.05) is 0 Å². The number of Topliss-reactive ketones (excluding diaryl/α,β-unsaturated/α-hetero) is 1. The highest BCUT2D eigenvalue weighted by atomic mass is 19.1. The Balaban J connectivity index is 1.52. The molecule has 2 N–H and O–H groups in total. The Hall–Kier alpha value is -3.26. The van der Waals surface area contributed by atoms with Crippen molar-refractivity contribution >= 4 is 22.9 Å². The number of aromatic amines is 1. The molecule has 3 aromatic rings. The summed E-state index contributed by atoms with van der Waals surface area (Å²) >= 11 is 0. The van der Waals surface area contributed by atoms with Crippen molar-refractivity contribution in [1.29, 1.82) is 0 Å². The number of H-pyrrole nitrogens is 1. The number of methoxy groups -OCH3 is 1. The van der Waals surface area contributed by atoms with E-state index >= 15 is 0 Å². The fourth-order valence-electron chi connectivity index (χ4n) is 4.15. The molecular weight excluding hydrogens is 387 g/mol. The summed E-state index contributed by atoms with van der Waals surface area (Å²) < 4.78 is 26.0. The number of rotatable bonds is 4. The molecule has 0 unspecified atom stereocenters. The Kier molecular flexibility index (Phi) is 4.71. The summed E-state index contributed by atoms with van der Waals surface area (Å²) in [6.07, 6.45) is 3.50. The summed E-state index contributed by atoms with van der Waals surface area (Å²) in [6, 6.07) is 7.13. The van der Waals surface area contributed by atoms with Crippen molar-refractivity contribution in [3.63, 3.8) is 0 Å². The van der Waals surface area contributed by atoms with Crippen LogP contribution in [0.25, 0.3) is 17.1 Å². The molecule has 0 spiro atoms. The lowest BCUT2D eigenvalue weighted by Crippen LogP contribution is -2.38. The Morgan fingerprint density at radius 3 is 3.10 bits per heavy atom. The zero-order valence-corrected chi connectivity index (χ0v) is 16.4. The van der Waals surface area contributed by atoms with Crippen LogP contribution >= 0.6 is 0 Å². The third kappa shape index (κ3) is 3.13. The summed E-state index contributed by atoms with van der Waals surface area (Å²) in [5, 5.41) is 11.0. The quantitative estimate of drug-likeness (QED) is 0.645. The number of ether oxygens (including phenoxy) is 2. The van der Waals surface area contributed by atoms with Gasteiger partial charge >= 0.3 is 0 Å². The Labute approximate surface area is 172 Å². The molecule has 2 aromatic heterocycles. The molecule has 0 saturated carbocycles. The lowest BCUT2D eigenvalue weighted by Gasteiger charge is -2.27. The second kappa shape index (κ2) is 7.53. The number of hydrogen-bond donors (Lipinski definition) is 2. The van der Waals surface area contributed by atoms with E-state index in [2.05, 4.69) is 20.5 Å². The molecular formula is C22H21FN4O3. The average Bonchev–Trinajstić information content (AvgIpc) is 3.32. The number of ketones is 1. The zero-order chi connectivity index (χ0) is 20.7. The number of allylic oxidation sites excluding steroid dienone is 1. The first-order valence-electron chi connectivity index (χ1n) is 9.93. The molecule has 0 radical (unpaired) electrons. The number of nitrogens with zero attached hydrogens (tertiary/aromatic N) is 2. The number of aromatic nitrogens is 3. The van der Waals surface area contributed by atoms with Crippen LogP contribution in [-0.2, 0) is 6.42 Å². The highest BCUT2D eigenvalue weighted by Crippen LogP contribution is 2.42. The molecule has 8 heteroatoms. The van der Waals surface area contributed by atoms with E-state index in [1.807, 2.05) is 6.07 Å². The average molecular weight is 408 g/mol. The second-order valence-corrected chi connectivity index (χ2v) is 7.54. The minimum Gasteiger partial charge on any atom is -0.496 e. The third-order valence-electron chi connectivity index (χ3n) is 5.76. The maximum Gasteiger partial charge on any atom is 0.232 e. The number of pyridine rings is 1. The van der Waals surface area contributed by atoms with E-state index in [9.17, 15) is 9.18 Å². The van der Waals surface area contributed by atoms with Crippen LogP contribution in [0.4, 0.5) is 4.39 Å². The molecule has 1 fully saturated rings. The first-order chi connectivity index (χ1) is 14.7. The van der Waals surface area contributed by atoms with E-state index < -0.39 is 6.17 Å². The number of fused-ring (bicyclic) bond motifs is 2. The van der Waals surface area contributed by atoms with Crippen LogP contribution in [0, 0.1) is 5.92 Å². The Morgan fingerprint density at radius 1 is 1.37 bits per heavy atom. The Bertz CT molecular complexity index is 1160. The summed E-state index contributed by atoms with van der Waals surface area (Å²) in [5.74, 6) is 0.854. The molecule has 2 atom stereocenters. The van der Waals surface area contributed by atoms with Crippen molar-refractivity contribution in [2.75, 3.05) is 20.2 Å². The standard InChI is InChI=1S/C22H21FN4O3/c1-29-18-5-4-14-20(28)19(10-17-13-3-2-7-25-22(13)27-26-17)30-21(14)15(18)9-12-6-8-24-11-16(12)23/h2-5,7,10,12,16,24H,6,8-9,11H2,1H3,(H,25,26,27)/b19-10-/t12-,16-/m1/s1. The summed E-state index contributed by atoms with van der Waals surface area (Å²) in [4.78, 5) is 17.2. The van der Waals surface area contributed by atoms with Gasteiger partial charge < -0.3 is 14.8 Å². The van der Waals surface area contributed by atoms with Gasteiger partial charge in [0, 0.05) is 29.8 Å². The van der Waals surface area contributed by atoms with Gasteiger partial charge in [-0.15, -0.1) is 0 Å². The molecule has 7 nitrogen and oxygen atoms in total. The van der Waals surface area contributed by atoms with Crippen molar-refractivity contribution in [2.45, 2.75) is 19.0 Å². The smallest absolute Gasteiger partial charge is 0.232 e. The normalized spacial score (nSPS) is 22.3. The molecule has 0 amide bonds. The molecule has 4 heterocycles. The van der Waals surface area contributed by atoms with E-state index in [1.165, 1.54) is 0 Å². The number of hydrogen-bond acceptors (Lipinski definition) is 6. The number of carbonyl (C=O) groups excluding carboxylic acids is 1. The van der Waals surface area contributed by atoms with Crippen LogP contribution in [-0.4, -0.2) is 47.3 Å². The second-order valence-electron chi connectivity index (χ2n) is 7.54. The fourth-order valence-corrected chi connectivity index (χ4v) is 4.15. The predicted octanol–water partition coefficient (Wildman–Crippen LogP) is 3.07. The molecule has 2 aliphatic heterocycles. The van der Waals surface area contributed by atoms with Crippen molar-refractivity contribution in [3.8, 4) is 11.5 Å². The predicted molar refractivity (Wildman–Crippen MR) is 109 cm³/mol. The lowest BCUT2D eigenvalue weighted by molar-refractivity contribution is 0.101. The number of alkyl halides is 1. The monoisotopic (exact) mass is 408 g/mol. The molecule has 1 saturated heterocycles. The van der Waals surface area contributed by atoms with Gasteiger partial charge in [0.25, 0.3) is 0 Å². The SMILES string of the molecule is COc1ccc2c(c1C[C@H]1CCNC[C@H]1F)O/C(=C\c1n[nH]c3ncccc13)C2=O. The van der Waals surface area contributed by atoms with Crippen molar-refractivity contribution < 1.29 is 18.7 Å². The highest BCUT2D eigenvalue weighted by Gasteiger charge is 2.34. The van der Waals surface area contributed by atoms with Crippen LogP contribution in [0.3, 0.4) is 0 Å². The minimum absolute atomic E-state index is 0.153. The van der Waals surface area contributed by atoms with Crippen LogP contribution in [0.5, 0.6) is 11.5 Å². The molecule has 30 heavy (non-hydrogen) atoms. The van der Waals surface area contributed by atoms with Gasteiger partial charge in [0.05, 0.1) is 18.4 Å². The molecule has 1 aromatic carbocycles. The molecule has 2 aliphatic rings. The first kappa shape index (κ1) is 18.7. The molecule has 0 aliphatic carbocycles. The van der Waals surface area contributed by atoms with Gasteiger partial charge in [0.15, 0.2) is 11.4 Å². The van der Waals surface area contributed by atoms with E-state index in [4.69, 9.17) is 9.47 Å². The van der Waals surface area contributed by atoms with Gasteiger partial charge in [0.1, 0.15) is 17.7 Å². The lowest BCUT2D eigenvalue weighted by atomic mass is 9.88. The topological polar surface area (TPSA) is 89.1 Å². The van der Waals surface area contributed by atoms with Gasteiger partial charge in [0.2, 0.25) is 5.78 Å². The largest absolute Gasteiger partial charge is 0.496 e. The van der Waals surface area contributed by atoms with Gasteiger partial charge in [-0.25, -0.2) is 9.37 Å². The summed E-state index contributed by atoms with van der Waals surface area (Å²) in [6.45, 7) is 1.11. The van der Waals surface area contributed by atoms with E-state index in [-0.39, 0.29) is 17.5 Å². The van der Waals surface area contributed by atoms with E-state index in [0.717, 1.165) is 23.9 Å². The number of piperidine rings is 1.